The van der Waals surface area contributed by atoms with Crippen molar-refractivity contribution < 1.29 is 0 Å². The number of halogens is 1. The molecule has 64 valence electrons. The highest BCUT2D eigenvalue weighted by Crippen LogP contribution is 2.09. The number of aryl methyl sites for hydroxylation is 1. The minimum atomic E-state index is 0.517. The van der Waals surface area contributed by atoms with Crippen LogP contribution < -0.4 is 5.73 Å². The van der Waals surface area contributed by atoms with Crippen LogP contribution in [0.3, 0.4) is 0 Å². The van der Waals surface area contributed by atoms with Gasteiger partial charge in [0.15, 0.2) is 0 Å². The van der Waals surface area contributed by atoms with E-state index in [0.29, 0.717) is 11.7 Å². The first kappa shape index (κ1) is 9.07. The summed E-state index contributed by atoms with van der Waals surface area (Å²) >= 11 is 5.49. The first-order valence-corrected chi connectivity index (χ1v) is 4.22. The zero-order valence-corrected chi connectivity index (χ0v) is 7.67. The number of anilines is 1. The number of hydrogen-bond donors (Lipinski definition) is 1. The van der Waals surface area contributed by atoms with Crippen LogP contribution in [0.1, 0.15) is 11.1 Å². The van der Waals surface area contributed by atoms with Crippen molar-refractivity contribution in [2.75, 3.05) is 11.6 Å². The molecular weight excluding hydrogens is 172 g/mol. The lowest BCUT2D eigenvalue weighted by atomic mass is 10.2. The molecule has 0 aromatic carbocycles. The molecule has 0 saturated carbocycles. The number of alkyl halides is 1. The van der Waals surface area contributed by atoms with Crippen LogP contribution in [-0.2, 0) is 0 Å². The van der Waals surface area contributed by atoms with Gasteiger partial charge in [-0.25, -0.2) is 4.98 Å². The summed E-state index contributed by atoms with van der Waals surface area (Å²) < 4.78 is 0. The van der Waals surface area contributed by atoms with Gasteiger partial charge in [0.05, 0.1) is 0 Å². The minimum Gasteiger partial charge on any atom is -0.383 e. The quantitative estimate of drug-likeness (QED) is 0.713. The average molecular weight is 183 g/mol. The molecule has 0 radical (unpaired) electrons. The fourth-order valence-corrected chi connectivity index (χ4v) is 0.968. The molecule has 0 saturated heterocycles. The first-order valence-electron chi connectivity index (χ1n) is 3.68. The van der Waals surface area contributed by atoms with E-state index in [4.69, 9.17) is 17.3 Å². The first-order chi connectivity index (χ1) is 5.74. The number of nitrogens with zero attached hydrogens (tertiary/aromatic N) is 1. The van der Waals surface area contributed by atoms with Gasteiger partial charge in [-0.2, -0.15) is 0 Å². The van der Waals surface area contributed by atoms with Gasteiger partial charge in [-0.05, 0) is 24.1 Å². The van der Waals surface area contributed by atoms with E-state index >= 15 is 0 Å². The van der Waals surface area contributed by atoms with E-state index in [-0.39, 0.29) is 0 Å². The maximum atomic E-state index is 5.56. The van der Waals surface area contributed by atoms with E-state index in [1.165, 1.54) is 0 Å². The van der Waals surface area contributed by atoms with Gasteiger partial charge in [-0.3, -0.25) is 0 Å². The number of aromatic nitrogens is 1. The maximum Gasteiger partial charge on any atom is 0.126 e. The topological polar surface area (TPSA) is 38.9 Å². The molecule has 0 amide bonds. The highest BCUT2D eigenvalue weighted by atomic mass is 35.5. The number of pyridine rings is 1. The molecule has 1 aromatic heterocycles. The molecule has 0 unspecified atom stereocenters. The van der Waals surface area contributed by atoms with Gasteiger partial charge in [-0.15, -0.1) is 11.6 Å². The van der Waals surface area contributed by atoms with E-state index < -0.39 is 0 Å². The lowest BCUT2D eigenvalue weighted by Gasteiger charge is -1.98. The Morgan fingerprint density at radius 2 is 2.42 bits per heavy atom. The molecule has 1 heterocycles. The van der Waals surface area contributed by atoms with Gasteiger partial charge in [0, 0.05) is 12.1 Å². The SMILES string of the molecule is Cc1cc(C=CCCl)cnc1N. The second-order valence-corrected chi connectivity index (χ2v) is 2.84. The summed E-state index contributed by atoms with van der Waals surface area (Å²) in [6.45, 7) is 1.93. The molecule has 0 fully saturated rings. The number of allylic oxidation sites excluding steroid dienone is 1. The molecule has 0 aliphatic rings. The van der Waals surface area contributed by atoms with Crippen molar-refractivity contribution in [3.8, 4) is 0 Å². The minimum absolute atomic E-state index is 0.517. The summed E-state index contributed by atoms with van der Waals surface area (Å²) in [5.41, 5.74) is 7.58. The van der Waals surface area contributed by atoms with Crippen LogP contribution >= 0.6 is 11.6 Å². The Kier molecular flexibility index (Phi) is 3.11. The number of hydrogen-bond acceptors (Lipinski definition) is 2. The van der Waals surface area contributed by atoms with Crippen molar-refractivity contribution in [1.82, 2.24) is 4.98 Å². The molecule has 1 aromatic rings. The highest BCUT2D eigenvalue weighted by Gasteiger charge is 1.93. The van der Waals surface area contributed by atoms with Crippen LogP contribution in [0.25, 0.3) is 6.08 Å². The Hall–Kier alpha value is -1.02. The van der Waals surface area contributed by atoms with Crippen molar-refractivity contribution in [3.05, 3.63) is 29.5 Å². The summed E-state index contributed by atoms with van der Waals surface area (Å²) in [6, 6.07) is 1.98. The molecule has 12 heavy (non-hydrogen) atoms. The van der Waals surface area contributed by atoms with Gasteiger partial charge in [-0.1, -0.05) is 12.2 Å². The Balaban J connectivity index is 2.89. The van der Waals surface area contributed by atoms with Gasteiger partial charge < -0.3 is 5.73 Å². The van der Waals surface area contributed by atoms with Crippen LogP contribution in [0, 0.1) is 6.92 Å². The van der Waals surface area contributed by atoms with Crippen molar-refractivity contribution in [2.45, 2.75) is 6.92 Å². The summed E-state index contributed by atoms with van der Waals surface area (Å²) in [4.78, 5) is 4.02. The molecule has 2 N–H and O–H groups in total. The Morgan fingerprint density at radius 1 is 1.67 bits per heavy atom. The third-order valence-electron chi connectivity index (χ3n) is 1.54. The van der Waals surface area contributed by atoms with E-state index in [2.05, 4.69) is 4.98 Å². The second kappa shape index (κ2) is 4.12. The van der Waals surface area contributed by atoms with Crippen LogP contribution in [0.15, 0.2) is 18.3 Å². The van der Waals surface area contributed by atoms with Crippen molar-refractivity contribution in [3.63, 3.8) is 0 Å². The number of rotatable bonds is 2. The molecule has 0 bridgehead atoms. The summed E-state index contributed by atoms with van der Waals surface area (Å²) in [7, 11) is 0. The molecule has 0 spiro atoms. The van der Waals surface area contributed by atoms with Gasteiger partial charge in [0.2, 0.25) is 0 Å². The third-order valence-corrected chi connectivity index (χ3v) is 1.72. The fraction of sp³-hybridized carbons (Fsp3) is 0.222. The third kappa shape index (κ3) is 2.24. The lowest BCUT2D eigenvalue weighted by Crippen LogP contribution is -1.93. The summed E-state index contributed by atoms with van der Waals surface area (Å²) in [5, 5.41) is 0. The molecule has 0 atom stereocenters. The van der Waals surface area contributed by atoms with Gasteiger partial charge >= 0.3 is 0 Å². The van der Waals surface area contributed by atoms with Crippen LogP contribution in [-0.4, -0.2) is 10.9 Å². The van der Waals surface area contributed by atoms with Crippen LogP contribution in [0.5, 0.6) is 0 Å². The van der Waals surface area contributed by atoms with Crippen LogP contribution in [0.4, 0.5) is 5.82 Å². The molecule has 2 nitrogen and oxygen atoms in total. The lowest BCUT2D eigenvalue weighted by molar-refractivity contribution is 1.27. The Morgan fingerprint density at radius 3 is 3.00 bits per heavy atom. The highest BCUT2D eigenvalue weighted by molar-refractivity contribution is 6.19. The Labute approximate surface area is 77.1 Å². The molecule has 0 aliphatic heterocycles. The second-order valence-electron chi connectivity index (χ2n) is 2.53. The van der Waals surface area contributed by atoms with E-state index in [1.807, 2.05) is 25.1 Å². The smallest absolute Gasteiger partial charge is 0.126 e. The number of nitrogen functional groups attached to an aromatic ring is 1. The van der Waals surface area contributed by atoms with Crippen LogP contribution in [0.2, 0.25) is 0 Å². The fourth-order valence-electron chi connectivity index (χ4n) is 0.879. The standard InChI is InChI=1S/C9H11ClN2/c1-7-5-8(3-2-4-10)6-12-9(7)11/h2-3,5-6H,4H2,1H3,(H2,11,12). The molecule has 1 rings (SSSR count). The van der Waals surface area contributed by atoms with E-state index in [1.54, 1.807) is 6.20 Å². The van der Waals surface area contributed by atoms with Crippen molar-refractivity contribution in [2.24, 2.45) is 0 Å². The van der Waals surface area contributed by atoms with Crippen molar-refractivity contribution in [1.29, 1.82) is 0 Å². The summed E-state index contributed by atoms with van der Waals surface area (Å²) in [6.07, 6.45) is 5.52. The molecule has 3 heteroatoms. The zero-order chi connectivity index (χ0) is 8.97. The maximum absolute atomic E-state index is 5.56. The average Bonchev–Trinajstić information content (AvgIpc) is 2.07. The molecule has 0 aliphatic carbocycles. The Bertz CT molecular complexity index is 295. The van der Waals surface area contributed by atoms with E-state index in [0.717, 1.165) is 11.1 Å². The largest absolute Gasteiger partial charge is 0.383 e. The number of nitrogens with two attached hydrogens (primary N) is 1. The van der Waals surface area contributed by atoms with E-state index in [9.17, 15) is 0 Å². The molecular formula is C9H11ClN2. The monoisotopic (exact) mass is 182 g/mol. The predicted molar refractivity (Wildman–Crippen MR) is 53.1 cm³/mol. The normalized spacial score (nSPS) is 10.8. The van der Waals surface area contributed by atoms with Gasteiger partial charge in [0.1, 0.15) is 5.82 Å². The predicted octanol–water partition coefficient (Wildman–Crippen LogP) is 2.22. The van der Waals surface area contributed by atoms with Crippen molar-refractivity contribution >= 4 is 23.5 Å². The van der Waals surface area contributed by atoms with Gasteiger partial charge in [0.25, 0.3) is 0 Å². The zero-order valence-electron chi connectivity index (χ0n) is 6.92. The summed E-state index contributed by atoms with van der Waals surface area (Å²) in [5.74, 6) is 1.10.